The molecule has 132 valence electrons. The molecule has 0 radical (unpaired) electrons. The fourth-order valence-electron chi connectivity index (χ4n) is 4.84. The second-order valence-corrected chi connectivity index (χ2v) is 7.24. The highest BCUT2D eigenvalue weighted by Crippen LogP contribution is 2.56. The number of carbonyl (C=O) groups is 1. The normalized spacial score (nSPS) is 15.1. The van der Waals surface area contributed by atoms with Crippen molar-refractivity contribution in [3.63, 3.8) is 0 Å². The van der Waals surface area contributed by atoms with Gasteiger partial charge in [0.1, 0.15) is 0 Å². The van der Waals surface area contributed by atoms with Gasteiger partial charge in [-0.15, -0.1) is 0 Å². The zero-order valence-corrected chi connectivity index (χ0v) is 15.0. The summed E-state index contributed by atoms with van der Waals surface area (Å²) in [5.74, 6) is 0.0396. The van der Waals surface area contributed by atoms with E-state index in [0.29, 0.717) is 5.56 Å². The molecule has 0 saturated heterocycles. The summed E-state index contributed by atoms with van der Waals surface area (Å²) in [6.45, 7) is 0. The van der Waals surface area contributed by atoms with Gasteiger partial charge in [0.05, 0.1) is 11.1 Å². The van der Waals surface area contributed by atoms with Crippen molar-refractivity contribution in [2.45, 2.75) is 5.41 Å². The molecule has 2 aliphatic rings. The van der Waals surface area contributed by atoms with Crippen LogP contribution in [0.2, 0.25) is 0 Å². The first kappa shape index (κ1) is 15.3. The Kier molecular flexibility index (Phi) is 2.96. The van der Waals surface area contributed by atoms with Crippen molar-refractivity contribution in [2.24, 2.45) is 0 Å². The van der Waals surface area contributed by atoms with Crippen LogP contribution in [0.5, 0.6) is 0 Å². The number of carbonyl (C=O) groups excluding carboxylic acids is 1. The molecule has 0 fully saturated rings. The minimum Gasteiger partial charge on any atom is -0.355 e. The quantitative estimate of drug-likeness (QED) is 0.411. The van der Waals surface area contributed by atoms with Gasteiger partial charge in [-0.25, -0.2) is 0 Å². The molecule has 2 heterocycles. The molecule has 0 bridgehead atoms. The number of ketones is 1. The third kappa shape index (κ3) is 1.73. The predicted molar refractivity (Wildman–Crippen MR) is 109 cm³/mol. The van der Waals surface area contributed by atoms with E-state index in [4.69, 9.17) is 4.98 Å². The molecule has 3 heteroatoms. The Morgan fingerprint density at radius 2 is 1.21 bits per heavy atom. The maximum Gasteiger partial charge on any atom is 0.195 e. The Hall–Kier alpha value is -3.72. The first-order valence-corrected chi connectivity index (χ1v) is 9.37. The fraction of sp³-hybridized carbons (Fsp3) is 0.0400. The zero-order chi connectivity index (χ0) is 18.7. The van der Waals surface area contributed by atoms with E-state index in [-0.39, 0.29) is 5.78 Å². The van der Waals surface area contributed by atoms with E-state index < -0.39 is 5.41 Å². The van der Waals surface area contributed by atoms with Gasteiger partial charge < -0.3 is 5.32 Å². The Morgan fingerprint density at radius 3 is 1.93 bits per heavy atom. The molecule has 28 heavy (non-hydrogen) atoms. The van der Waals surface area contributed by atoms with E-state index in [1.54, 1.807) is 6.20 Å². The number of nitrogens with zero attached hydrogens (tertiary/aromatic N) is 1. The summed E-state index contributed by atoms with van der Waals surface area (Å²) in [4.78, 5) is 18.1. The molecule has 1 aliphatic carbocycles. The van der Waals surface area contributed by atoms with Crippen molar-refractivity contribution in [1.29, 1.82) is 0 Å². The molecule has 3 aromatic carbocycles. The molecule has 1 aliphatic heterocycles. The van der Waals surface area contributed by atoms with E-state index >= 15 is 0 Å². The summed E-state index contributed by atoms with van der Waals surface area (Å²) in [5, 5.41) is 3.57. The number of aromatic nitrogens is 1. The van der Waals surface area contributed by atoms with Crippen molar-refractivity contribution in [2.75, 3.05) is 5.32 Å². The number of rotatable bonds is 0. The molecule has 0 amide bonds. The van der Waals surface area contributed by atoms with Gasteiger partial charge in [0, 0.05) is 28.7 Å². The average molecular weight is 360 g/mol. The van der Waals surface area contributed by atoms with E-state index in [1.165, 1.54) is 0 Å². The number of benzene rings is 3. The van der Waals surface area contributed by atoms with Crippen LogP contribution < -0.4 is 5.32 Å². The van der Waals surface area contributed by atoms with Gasteiger partial charge in [-0.05, 0) is 41.0 Å². The van der Waals surface area contributed by atoms with Crippen LogP contribution in [0.1, 0.15) is 38.3 Å². The molecule has 1 N–H and O–H groups in total. The third-order valence-electron chi connectivity index (χ3n) is 5.91. The van der Waals surface area contributed by atoms with Crippen LogP contribution in [0.25, 0.3) is 0 Å². The van der Waals surface area contributed by atoms with Crippen molar-refractivity contribution < 1.29 is 4.79 Å². The van der Waals surface area contributed by atoms with Crippen LogP contribution in [-0.2, 0) is 5.41 Å². The number of fused-ring (bicyclic) bond motifs is 8. The van der Waals surface area contributed by atoms with Crippen molar-refractivity contribution in [1.82, 2.24) is 4.98 Å². The largest absolute Gasteiger partial charge is 0.355 e. The Morgan fingerprint density at radius 1 is 0.643 bits per heavy atom. The van der Waals surface area contributed by atoms with Crippen molar-refractivity contribution in [3.05, 3.63) is 125 Å². The summed E-state index contributed by atoms with van der Waals surface area (Å²) in [6.07, 6.45) is 1.79. The molecule has 3 nitrogen and oxygen atoms in total. The number of pyridine rings is 1. The van der Waals surface area contributed by atoms with Crippen LogP contribution >= 0.6 is 0 Å². The molecule has 4 aromatic rings. The molecular weight excluding hydrogens is 344 g/mol. The molecule has 6 rings (SSSR count). The van der Waals surface area contributed by atoms with Gasteiger partial charge >= 0.3 is 0 Å². The lowest BCUT2D eigenvalue weighted by molar-refractivity contribution is 0.103. The van der Waals surface area contributed by atoms with E-state index in [0.717, 1.165) is 39.3 Å². The highest BCUT2D eigenvalue weighted by atomic mass is 16.1. The second-order valence-electron chi connectivity index (χ2n) is 7.24. The van der Waals surface area contributed by atoms with Gasteiger partial charge in [0.15, 0.2) is 5.78 Å². The summed E-state index contributed by atoms with van der Waals surface area (Å²) in [6, 6.07) is 28.3. The number of nitrogens with one attached hydrogen (secondary N) is 1. The topological polar surface area (TPSA) is 42.0 Å². The SMILES string of the molecule is O=C1c2ccccc2C2(c3ccccc3Nc3ccccc32)c2ncccc21. The van der Waals surface area contributed by atoms with E-state index in [2.05, 4.69) is 47.8 Å². The van der Waals surface area contributed by atoms with Crippen LogP contribution in [-0.4, -0.2) is 10.8 Å². The molecule has 1 spiro atoms. The standard InChI is InChI=1S/C25H16N2O/c28-23-16-8-1-2-10-18(16)25(24-17(23)9-7-15-26-24)19-11-3-5-13-21(19)27-22-14-6-4-12-20(22)25/h1-15,27H. The van der Waals surface area contributed by atoms with Gasteiger partial charge in [-0.2, -0.15) is 0 Å². The number of para-hydroxylation sites is 2. The molecule has 0 atom stereocenters. The van der Waals surface area contributed by atoms with Gasteiger partial charge in [-0.3, -0.25) is 9.78 Å². The van der Waals surface area contributed by atoms with Crippen molar-refractivity contribution >= 4 is 17.2 Å². The lowest BCUT2D eigenvalue weighted by Crippen LogP contribution is -2.41. The highest BCUT2D eigenvalue weighted by molar-refractivity contribution is 6.14. The first-order chi connectivity index (χ1) is 13.8. The number of anilines is 2. The van der Waals surface area contributed by atoms with E-state index in [9.17, 15) is 4.79 Å². The Bertz CT molecular complexity index is 1180. The molecule has 0 saturated carbocycles. The van der Waals surface area contributed by atoms with Crippen LogP contribution in [0.4, 0.5) is 11.4 Å². The zero-order valence-electron chi connectivity index (χ0n) is 15.0. The summed E-state index contributed by atoms with van der Waals surface area (Å²) in [7, 11) is 0. The lowest BCUT2D eigenvalue weighted by atomic mass is 9.59. The third-order valence-corrected chi connectivity index (χ3v) is 5.91. The fourth-order valence-corrected chi connectivity index (χ4v) is 4.84. The molecule has 1 aromatic heterocycles. The summed E-state index contributed by atoms with van der Waals surface area (Å²) < 4.78 is 0. The van der Waals surface area contributed by atoms with Crippen molar-refractivity contribution in [3.8, 4) is 0 Å². The maximum absolute atomic E-state index is 13.3. The maximum atomic E-state index is 13.3. The average Bonchev–Trinajstić information content (AvgIpc) is 2.77. The van der Waals surface area contributed by atoms with Crippen LogP contribution in [0, 0.1) is 0 Å². The second kappa shape index (κ2) is 5.40. The molecular formula is C25H16N2O. The minimum absolute atomic E-state index is 0.0396. The number of hydrogen-bond acceptors (Lipinski definition) is 3. The first-order valence-electron chi connectivity index (χ1n) is 9.37. The van der Waals surface area contributed by atoms with Gasteiger partial charge in [0.25, 0.3) is 0 Å². The van der Waals surface area contributed by atoms with Crippen LogP contribution in [0.15, 0.2) is 91.1 Å². The van der Waals surface area contributed by atoms with Gasteiger partial charge in [0.2, 0.25) is 0 Å². The van der Waals surface area contributed by atoms with Gasteiger partial charge in [-0.1, -0.05) is 60.7 Å². The number of hydrogen-bond donors (Lipinski definition) is 1. The Labute approximate surface area is 162 Å². The Balaban J connectivity index is 1.88. The minimum atomic E-state index is -0.625. The highest BCUT2D eigenvalue weighted by Gasteiger charge is 2.51. The lowest BCUT2D eigenvalue weighted by Gasteiger charge is -2.44. The van der Waals surface area contributed by atoms with Crippen LogP contribution in [0.3, 0.4) is 0 Å². The van der Waals surface area contributed by atoms with E-state index in [1.807, 2.05) is 42.5 Å². The summed E-state index contributed by atoms with van der Waals surface area (Å²) in [5.41, 5.74) is 6.92. The monoisotopic (exact) mass is 360 g/mol. The molecule has 0 unspecified atom stereocenters. The predicted octanol–water partition coefficient (Wildman–Crippen LogP) is 5.07. The smallest absolute Gasteiger partial charge is 0.195 e. The summed E-state index contributed by atoms with van der Waals surface area (Å²) >= 11 is 0.